The van der Waals surface area contributed by atoms with Gasteiger partial charge in [0.15, 0.2) is 5.96 Å². The number of ether oxygens (including phenoxy) is 1. The minimum Gasteiger partial charge on any atom is -0.444 e. The lowest BCUT2D eigenvalue weighted by atomic mass is 9.87. The molecule has 0 spiro atoms. The summed E-state index contributed by atoms with van der Waals surface area (Å²) in [5.74, 6) is 2.17. The average molecular weight is 494 g/mol. The fourth-order valence-electron chi connectivity index (χ4n) is 3.76. The third kappa shape index (κ3) is 8.87. The van der Waals surface area contributed by atoms with Crippen molar-refractivity contribution >= 4 is 36.0 Å². The van der Waals surface area contributed by atoms with Crippen LogP contribution in [0, 0.1) is 11.8 Å². The zero-order valence-corrected chi connectivity index (χ0v) is 20.0. The number of piperidine rings is 1. The van der Waals surface area contributed by atoms with Crippen molar-refractivity contribution in [2.75, 3.05) is 26.7 Å². The molecule has 1 aliphatic carbocycles. The summed E-state index contributed by atoms with van der Waals surface area (Å²) < 4.78 is 5.51. The van der Waals surface area contributed by atoms with Crippen LogP contribution in [0.1, 0.15) is 66.2 Å². The molecule has 1 heterocycles. The number of hydrogen-bond donors (Lipinski definition) is 2. The molecule has 1 atom stereocenters. The summed E-state index contributed by atoms with van der Waals surface area (Å²) in [5, 5.41) is 7.03. The molecule has 158 valence electrons. The van der Waals surface area contributed by atoms with E-state index in [0.29, 0.717) is 12.0 Å². The smallest absolute Gasteiger partial charge is 0.410 e. The minimum atomic E-state index is -0.439. The highest BCUT2D eigenvalue weighted by Crippen LogP contribution is 2.23. The number of likely N-dealkylation sites (tertiary alicyclic amines) is 1. The van der Waals surface area contributed by atoms with Gasteiger partial charge in [0.2, 0.25) is 0 Å². The summed E-state index contributed by atoms with van der Waals surface area (Å²) in [7, 11) is 1.83. The molecular weight excluding hydrogens is 455 g/mol. The molecule has 2 rings (SSSR count). The molecule has 0 bridgehead atoms. The van der Waals surface area contributed by atoms with Crippen LogP contribution in [0.4, 0.5) is 4.79 Å². The standard InChI is InChI=1S/C20H38N4O2.HI/c1-15-8-10-17(11-9-15)23-18(21-5)22-13-16-7-6-12-24(14-16)19(25)26-20(2,3)4;/h15-17H,6-14H2,1-5H3,(H2,21,22,23);1H. The first kappa shape index (κ1) is 24.3. The van der Waals surface area contributed by atoms with Gasteiger partial charge in [-0.05, 0) is 71.1 Å². The first-order chi connectivity index (χ1) is 12.3. The second-order valence-corrected chi connectivity index (χ2v) is 8.99. The van der Waals surface area contributed by atoms with E-state index in [1.54, 1.807) is 0 Å². The number of halogens is 1. The van der Waals surface area contributed by atoms with E-state index in [1.807, 2.05) is 32.7 Å². The van der Waals surface area contributed by atoms with Gasteiger partial charge < -0.3 is 20.3 Å². The van der Waals surface area contributed by atoms with Gasteiger partial charge in [-0.25, -0.2) is 4.79 Å². The summed E-state index contributed by atoms with van der Waals surface area (Å²) in [6, 6.07) is 0.530. The Balaban J connectivity index is 0.00000364. The Hall–Kier alpha value is -0.730. The van der Waals surface area contributed by atoms with Crippen molar-refractivity contribution in [3.8, 4) is 0 Å². The van der Waals surface area contributed by atoms with Gasteiger partial charge in [-0.3, -0.25) is 4.99 Å². The van der Waals surface area contributed by atoms with E-state index >= 15 is 0 Å². The monoisotopic (exact) mass is 494 g/mol. The molecule has 6 nitrogen and oxygen atoms in total. The van der Waals surface area contributed by atoms with Gasteiger partial charge in [-0.1, -0.05) is 6.92 Å². The van der Waals surface area contributed by atoms with Crippen LogP contribution in [0.3, 0.4) is 0 Å². The minimum absolute atomic E-state index is 0. The van der Waals surface area contributed by atoms with Gasteiger partial charge in [0.25, 0.3) is 0 Å². The Kier molecular flexibility index (Phi) is 10.2. The van der Waals surface area contributed by atoms with Crippen molar-refractivity contribution < 1.29 is 9.53 Å². The molecule has 7 heteroatoms. The van der Waals surface area contributed by atoms with Gasteiger partial charge in [-0.15, -0.1) is 24.0 Å². The Labute approximate surface area is 182 Å². The van der Waals surface area contributed by atoms with Crippen LogP contribution < -0.4 is 10.6 Å². The number of carbonyl (C=O) groups excluding carboxylic acids is 1. The molecule has 2 fully saturated rings. The van der Waals surface area contributed by atoms with Gasteiger partial charge in [0, 0.05) is 32.7 Å². The lowest BCUT2D eigenvalue weighted by Crippen LogP contribution is -2.49. The highest BCUT2D eigenvalue weighted by Gasteiger charge is 2.28. The van der Waals surface area contributed by atoms with Crippen molar-refractivity contribution in [3.63, 3.8) is 0 Å². The maximum absolute atomic E-state index is 12.3. The molecule has 2 N–H and O–H groups in total. The molecule has 0 aromatic rings. The highest BCUT2D eigenvalue weighted by molar-refractivity contribution is 14.0. The average Bonchev–Trinajstić information content (AvgIpc) is 2.59. The third-order valence-electron chi connectivity index (χ3n) is 5.31. The Morgan fingerprint density at radius 1 is 1.19 bits per heavy atom. The predicted molar refractivity (Wildman–Crippen MR) is 122 cm³/mol. The van der Waals surface area contributed by atoms with Crippen LogP contribution in [-0.4, -0.2) is 55.3 Å². The van der Waals surface area contributed by atoms with Crippen LogP contribution in [0.25, 0.3) is 0 Å². The zero-order chi connectivity index (χ0) is 19.2. The van der Waals surface area contributed by atoms with Crippen LogP contribution in [-0.2, 0) is 4.74 Å². The van der Waals surface area contributed by atoms with E-state index in [9.17, 15) is 4.79 Å². The van der Waals surface area contributed by atoms with Gasteiger partial charge in [0.1, 0.15) is 5.60 Å². The molecule has 1 amide bonds. The van der Waals surface area contributed by atoms with Crippen LogP contribution in [0.2, 0.25) is 0 Å². The molecule has 27 heavy (non-hydrogen) atoms. The van der Waals surface area contributed by atoms with Crippen molar-refractivity contribution in [2.45, 2.75) is 77.9 Å². The van der Waals surface area contributed by atoms with Gasteiger partial charge in [-0.2, -0.15) is 0 Å². The number of nitrogens with one attached hydrogen (secondary N) is 2. The Morgan fingerprint density at radius 2 is 1.85 bits per heavy atom. The summed E-state index contributed by atoms with van der Waals surface area (Å²) in [4.78, 5) is 18.5. The van der Waals surface area contributed by atoms with Crippen molar-refractivity contribution in [3.05, 3.63) is 0 Å². The molecule has 0 radical (unpaired) electrons. The molecule has 1 aliphatic heterocycles. The number of hydrogen-bond acceptors (Lipinski definition) is 3. The fraction of sp³-hybridized carbons (Fsp3) is 0.900. The molecule has 1 saturated heterocycles. The molecule has 2 aliphatic rings. The molecule has 0 aromatic heterocycles. The van der Waals surface area contributed by atoms with E-state index in [1.165, 1.54) is 25.7 Å². The number of amides is 1. The number of carbonyl (C=O) groups is 1. The first-order valence-corrected chi connectivity index (χ1v) is 10.2. The predicted octanol–water partition coefficient (Wildman–Crippen LogP) is 4.00. The van der Waals surface area contributed by atoms with Crippen molar-refractivity contribution in [1.29, 1.82) is 0 Å². The van der Waals surface area contributed by atoms with Crippen molar-refractivity contribution in [2.24, 2.45) is 16.8 Å². The number of aliphatic imine (C=N–C) groups is 1. The quantitative estimate of drug-likeness (QED) is 0.354. The normalized spacial score (nSPS) is 26.8. The molecular formula is C20H39IN4O2. The van der Waals surface area contributed by atoms with Gasteiger partial charge >= 0.3 is 6.09 Å². The number of nitrogens with zero attached hydrogens (tertiary/aromatic N) is 2. The summed E-state index contributed by atoms with van der Waals surface area (Å²) in [5.41, 5.74) is -0.439. The SMILES string of the molecule is CN=C(NCC1CCCN(C(=O)OC(C)(C)C)C1)NC1CCC(C)CC1.I. The Bertz CT molecular complexity index is 485. The topological polar surface area (TPSA) is 66.0 Å². The highest BCUT2D eigenvalue weighted by atomic mass is 127. The largest absolute Gasteiger partial charge is 0.444 e. The van der Waals surface area contributed by atoms with Crippen LogP contribution in [0.15, 0.2) is 4.99 Å². The van der Waals surface area contributed by atoms with Crippen LogP contribution >= 0.6 is 24.0 Å². The summed E-state index contributed by atoms with van der Waals surface area (Å²) >= 11 is 0. The van der Waals surface area contributed by atoms with E-state index in [0.717, 1.165) is 44.4 Å². The lowest BCUT2D eigenvalue weighted by Gasteiger charge is -2.34. The van der Waals surface area contributed by atoms with E-state index in [2.05, 4.69) is 22.5 Å². The molecule has 1 saturated carbocycles. The molecule has 1 unspecified atom stereocenters. The van der Waals surface area contributed by atoms with Crippen LogP contribution in [0.5, 0.6) is 0 Å². The number of rotatable bonds is 3. The number of guanidine groups is 1. The fourth-order valence-corrected chi connectivity index (χ4v) is 3.76. The summed E-state index contributed by atoms with van der Waals surface area (Å²) in [6.45, 7) is 10.4. The van der Waals surface area contributed by atoms with E-state index in [4.69, 9.17) is 4.74 Å². The second-order valence-electron chi connectivity index (χ2n) is 8.99. The van der Waals surface area contributed by atoms with Gasteiger partial charge in [0.05, 0.1) is 0 Å². The maximum Gasteiger partial charge on any atom is 0.410 e. The van der Waals surface area contributed by atoms with E-state index in [-0.39, 0.29) is 30.1 Å². The lowest BCUT2D eigenvalue weighted by molar-refractivity contribution is 0.0168. The van der Waals surface area contributed by atoms with E-state index < -0.39 is 5.60 Å². The zero-order valence-electron chi connectivity index (χ0n) is 17.7. The maximum atomic E-state index is 12.3. The molecule has 0 aromatic carbocycles. The second kappa shape index (κ2) is 11.3. The summed E-state index contributed by atoms with van der Waals surface area (Å²) in [6.07, 6.45) is 6.99. The first-order valence-electron chi connectivity index (χ1n) is 10.2. The Morgan fingerprint density at radius 3 is 2.44 bits per heavy atom. The van der Waals surface area contributed by atoms with Crippen molar-refractivity contribution in [1.82, 2.24) is 15.5 Å². The third-order valence-corrected chi connectivity index (χ3v) is 5.31.